The summed E-state index contributed by atoms with van der Waals surface area (Å²) in [5.41, 5.74) is -0.143. The Morgan fingerprint density at radius 1 is 1.14 bits per heavy atom. The van der Waals surface area contributed by atoms with Gasteiger partial charge in [0.2, 0.25) is 0 Å². The number of nitro groups is 1. The Labute approximate surface area is 157 Å². The van der Waals surface area contributed by atoms with Crippen molar-refractivity contribution in [3.8, 4) is 17.2 Å². The smallest absolute Gasteiger partial charge is 0.493 e. The van der Waals surface area contributed by atoms with Crippen LogP contribution in [0.15, 0.2) is 42.5 Å². The van der Waals surface area contributed by atoms with Gasteiger partial charge in [-0.2, -0.15) is 0 Å². The van der Waals surface area contributed by atoms with Gasteiger partial charge in [-0.1, -0.05) is 18.2 Å². The number of nitrogens with zero attached hydrogens (tertiary/aromatic N) is 1. The van der Waals surface area contributed by atoms with Gasteiger partial charge in [-0.25, -0.2) is 0 Å². The third-order valence-corrected chi connectivity index (χ3v) is 3.39. The number of para-hydroxylation sites is 1. The molecule has 0 heterocycles. The maximum Gasteiger partial charge on any atom is 0.573 e. The lowest BCUT2D eigenvalue weighted by Crippen LogP contribution is -2.29. The van der Waals surface area contributed by atoms with E-state index < -0.39 is 29.5 Å². The number of benzene rings is 2. The number of nitrogens with one attached hydrogen (secondary N) is 1. The van der Waals surface area contributed by atoms with Crippen molar-refractivity contribution in [1.29, 1.82) is 0 Å². The topological polar surface area (TPSA) is 99.9 Å². The summed E-state index contributed by atoms with van der Waals surface area (Å²) in [5.74, 6) is -0.929. The van der Waals surface area contributed by atoms with Crippen molar-refractivity contribution in [3.63, 3.8) is 0 Å². The second-order valence-electron chi connectivity index (χ2n) is 5.31. The highest BCUT2D eigenvalue weighted by Gasteiger charge is 2.32. The third-order valence-electron chi connectivity index (χ3n) is 3.39. The van der Waals surface area contributed by atoms with E-state index in [4.69, 9.17) is 9.47 Å². The Hall–Kier alpha value is -3.50. The SMILES string of the molecule is COc1ccc([N+](=O)[O-])cc1OCC(=O)NCc1ccccc1OC(F)(F)F. The van der Waals surface area contributed by atoms with Crippen molar-refractivity contribution in [3.05, 3.63) is 58.1 Å². The molecule has 0 aliphatic heterocycles. The number of hydrogen-bond donors (Lipinski definition) is 1. The van der Waals surface area contributed by atoms with E-state index in [0.717, 1.165) is 12.1 Å². The number of hydrogen-bond acceptors (Lipinski definition) is 6. The summed E-state index contributed by atoms with van der Waals surface area (Å²) in [6.07, 6.45) is -4.86. The molecular formula is C17H15F3N2O6. The molecule has 0 radical (unpaired) electrons. The zero-order chi connectivity index (χ0) is 20.7. The molecule has 2 rings (SSSR count). The van der Waals surface area contributed by atoms with E-state index in [2.05, 4.69) is 10.1 Å². The van der Waals surface area contributed by atoms with Crippen LogP contribution in [0.4, 0.5) is 18.9 Å². The fourth-order valence-electron chi connectivity index (χ4n) is 2.15. The molecule has 11 heteroatoms. The molecule has 1 amide bonds. The monoisotopic (exact) mass is 400 g/mol. The number of methoxy groups -OCH3 is 1. The zero-order valence-electron chi connectivity index (χ0n) is 14.5. The van der Waals surface area contributed by atoms with Gasteiger partial charge in [0.1, 0.15) is 5.75 Å². The molecule has 0 unspecified atom stereocenters. The number of non-ortho nitro benzene ring substituents is 1. The van der Waals surface area contributed by atoms with Crippen molar-refractivity contribution < 1.29 is 37.1 Å². The van der Waals surface area contributed by atoms with Crippen molar-refractivity contribution in [2.45, 2.75) is 12.9 Å². The van der Waals surface area contributed by atoms with Crippen LogP contribution < -0.4 is 19.5 Å². The van der Waals surface area contributed by atoms with Gasteiger partial charge in [-0.3, -0.25) is 14.9 Å². The standard InChI is InChI=1S/C17H15F3N2O6/c1-26-14-7-6-12(22(24)25)8-15(14)27-10-16(23)21-9-11-4-2-3-5-13(11)28-17(18,19)20/h2-8H,9-10H2,1H3,(H,21,23). The molecule has 0 saturated carbocycles. The number of amides is 1. The number of halogens is 3. The molecule has 0 spiro atoms. The Morgan fingerprint density at radius 3 is 2.50 bits per heavy atom. The molecule has 0 saturated heterocycles. The lowest BCUT2D eigenvalue weighted by atomic mass is 10.2. The molecule has 0 aliphatic rings. The first-order chi connectivity index (χ1) is 13.2. The van der Waals surface area contributed by atoms with E-state index in [1.807, 2.05) is 0 Å². The van der Waals surface area contributed by atoms with Crippen LogP contribution in [0, 0.1) is 10.1 Å². The predicted octanol–water partition coefficient (Wildman–Crippen LogP) is 3.20. The fraction of sp³-hybridized carbons (Fsp3) is 0.235. The minimum absolute atomic E-state index is 0.0207. The first-order valence-electron chi connectivity index (χ1n) is 7.75. The predicted molar refractivity (Wildman–Crippen MR) is 90.1 cm³/mol. The summed E-state index contributed by atoms with van der Waals surface area (Å²) in [6.45, 7) is -0.764. The third kappa shape index (κ3) is 6.04. The first-order valence-corrected chi connectivity index (χ1v) is 7.75. The minimum Gasteiger partial charge on any atom is -0.493 e. The highest BCUT2D eigenvalue weighted by Crippen LogP contribution is 2.31. The largest absolute Gasteiger partial charge is 0.573 e. The van der Waals surface area contributed by atoms with Crippen molar-refractivity contribution in [2.24, 2.45) is 0 Å². The molecule has 0 fully saturated rings. The summed E-state index contributed by atoms with van der Waals surface area (Å²) >= 11 is 0. The molecule has 0 aromatic heterocycles. The zero-order valence-corrected chi connectivity index (χ0v) is 14.5. The minimum atomic E-state index is -4.86. The van der Waals surface area contributed by atoms with Crippen LogP contribution >= 0.6 is 0 Å². The van der Waals surface area contributed by atoms with E-state index in [0.29, 0.717) is 0 Å². The number of alkyl halides is 3. The van der Waals surface area contributed by atoms with Crippen molar-refractivity contribution >= 4 is 11.6 Å². The van der Waals surface area contributed by atoms with Crippen molar-refractivity contribution in [1.82, 2.24) is 5.32 Å². The van der Waals surface area contributed by atoms with Crippen LogP contribution in [0.1, 0.15) is 5.56 Å². The lowest BCUT2D eigenvalue weighted by Gasteiger charge is -2.14. The first kappa shape index (κ1) is 20.8. The number of ether oxygens (including phenoxy) is 3. The van der Waals surface area contributed by atoms with Gasteiger partial charge < -0.3 is 19.5 Å². The van der Waals surface area contributed by atoms with E-state index in [1.54, 1.807) is 0 Å². The van der Waals surface area contributed by atoms with E-state index in [-0.39, 0.29) is 29.3 Å². The van der Waals surface area contributed by atoms with Crippen LogP contribution in [-0.4, -0.2) is 30.9 Å². The average Bonchev–Trinajstić information content (AvgIpc) is 2.64. The average molecular weight is 400 g/mol. The maximum absolute atomic E-state index is 12.4. The summed E-state index contributed by atoms with van der Waals surface area (Å²) in [6, 6.07) is 8.97. The highest BCUT2D eigenvalue weighted by molar-refractivity contribution is 5.77. The number of rotatable bonds is 8. The Bertz CT molecular complexity index is 857. The lowest BCUT2D eigenvalue weighted by molar-refractivity contribution is -0.385. The van der Waals surface area contributed by atoms with E-state index >= 15 is 0 Å². The molecule has 0 bridgehead atoms. The van der Waals surface area contributed by atoms with E-state index in [9.17, 15) is 28.1 Å². The molecular weight excluding hydrogens is 385 g/mol. The van der Waals surface area contributed by atoms with Gasteiger partial charge >= 0.3 is 6.36 Å². The number of nitro benzene ring substituents is 1. The van der Waals surface area contributed by atoms with Crippen LogP contribution in [0.5, 0.6) is 17.2 Å². The number of carbonyl (C=O) groups excluding carboxylic acids is 1. The molecule has 1 N–H and O–H groups in total. The van der Waals surface area contributed by atoms with Gasteiger partial charge in [-0.05, 0) is 12.1 Å². The molecule has 28 heavy (non-hydrogen) atoms. The summed E-state index contributed by atoms with van der Waals surface area (Å²) in [4.78, 5) is 22.1. The van der Waals surface area contributed by atoms with Gasteiger partial charge in [0.05, 0.1) is 18.1 Å². The van der Waals surface area contributed by atoms with Crippen LogP contribution in [0.3, 0.4) is 0 Å². The fourth-order valence-corrected chi connectivity index (χ4v) is 2.15. The summed E-state index contributed by atoms with van der Waals surface area (Å²) < 4.78 is 51.3. The summed E-state index contributed by atoms with van der Waals surface area (Å²) in [7, 11) is 1.33. The molecule has 0 aliphatic carbocycles. The van der Waals surface area contributed by atoms with E-state index in [1.165, 1.54) is 37.4 Å². The summed E-state index contributed by atoms with van der Waals surface area (Å²) in [5, 5.41) is 13.2. The maximum atomic E-state index is 12.4. The molecule has 8 nitrogen and oxygen atoms in total. The second kappa shape index (κ2) is 8.93. The van der Waals surface area contributed by atoms with Gasteiger partial charge in [0.15, 0.2) is 18.1 Å². The molecule has 2 aromatic carbocycles. The molecule has 2 aromatic rings. The van der Waals surface area contributed by atoms with Crippen molar-refractivity contribution in [2.75, 3.05) is 13.7 Å². The van der Waals surface area contributed by atoms with Crippen LogP contribution in [0.25, 0.3) is 0 Å². The normalized spacial score (nSPS) is 10.9. The highest BCUT2D eigenvalue weighted by atomic mass is 19.4. The quantitative estimate of drug-likeness (QED) is 0.540. The molecule has 0 atom stereocenters. The van der Waals surface area contributed by atoms with Gasteiger partial charge in [0, 0.05) is 18.2 Å². The Kier molecular flexibility index (Phi) is 6.64. The van der Waals surface area contributed by atoms with Crippen LogP contribution in [0.2, 0.25) is 0 Å². The van der Waals surface area contributed by atoms with Gasteiger partial charge in [-0.15, -0.1) is 13.2 Å². The second-order valence-corrected chi connectivity index (χ2v) is 5.31. The Morgan fingerprint density at radius 2 is 1.86 bits per heavy atom. The Balaban J connectivity index is 1.97. The molecule has 150 valence electrons. The number of carbonyl (C=O) groups is 1. The van der Waals surface area contributed by atoms with Crippen LogP contribution in [-0.2, 0) is 11.3 Å². The van der Waals surface area contributed by atoms with Gasteiger partial charge in [0.25, 0.3) is 11.6 Å².